The van der Waals surface area contributed by atoms with Gasteiger partial charge in [-0.2, -0.15) is 16.9 Å². The van der Waals surface area contributed by atoms with Crippen LogP contribution in [-0.4, -0.2) is 27.3 Å². The van der Waals surface area contributed by atoms with E-state index in [9.17, 15) is 0 Å². The Morgan fingerprint density at radius 1 is 1.67 bits per heavy atom. The Morgan fingerprint density at radius 3 is 3.00 bits per heavy atom. The van der Waals surface area contributed by atoms with E-state index < -0.39 is 0 Å². The number of nitrogens with zero attached hydrogens (tertiary/aromatic N) is 2. The summed E-state index contributed by atoms with van der Waals surface area (Å²) in [6, 6.07) is 0.355. The molecule has 0 spiro atoms. The number of hydrogen-bond donors (Lipinski definition) is 1. The van der Waals surface area contributed by atoms with E-state index >= 15 is 0 Å². The Morgan fingerprint density at radius 2 is 2.44 bits per heavy atom. The van der Waals surface area contributed by atoms with Crippen LogP contribution >= 0.6 is 27.7 Å². The van der Waals surface area contributed by atoms with Gasteiger partial charge in [-0.1, -0.05) is 6.92 Å². The van der Waals surface area contributed by atoms with Gasteiger partial charge < -0.3 is 5.32 Å². The van der Waals surface area contributed by atoms with Gasteiger partial charge in [-0.3, -0.25) is 4.68 Å². The van der Waals surface area contributed by atoms with Crippen molar-refractivity contribution in [2.75, 3.05) is 12.8 Å². The van der Waals surface area contributed by atoms with Gasteiger partial charge in [-0.15, -0.1) is 0 Å². The van der Waals surface area contributed by atoms with Crippen molar-refractivity contribution in [3.63, 3.8) is 0 Å². The summed E-state index contributed by atoms with van der Waals surface area (Å²) in [7, 11) is 2.06. The molecule has 3 nitrogen and oxygen atoms in total. The first kappa shape index (κ1) is 14.4. The molecular formula is C13H22BrN3S. The summed E-state index contributed by atoms with van der Waals surface area (Å²) in [5.41, 5.74) is 1.30. The Balaban J connectivity index is 2.34. The molecule has 18 heavy (non-hydrogen) atoms. The molecule has 2 unspecified atom stereocenters. The van der Waals surface area contributed by atoms with E-state index in [1.54, 1.807) is 0 Å². The first-order chi connectivity index (χ1) is 8.62. The van der Waals surface area contributed by atoms with Crippen LogP contribution in [0.1, 0.15) is 44.8 Å². The summed E-state index contributed by atoms with van der Waals surface area (Å²) in [5, 5.41) is 8.01. The fourth-order valence-electron chi connectivity index (χ4n) is 2.81. The quantitative estimate of drug-likeness (QED) is 0.893. The number of nitrogens with one attached hydrogen (secondary N) is 1. The minimum atomic E-state index is 0.281. The van der Waals surface area contributed by atoms with Gasteiger partial charge in [0.1, 0.15) is 0 Å². The molecule has 0 aliphatic carbocycles. The highest BCUT2D eigenvalue weighted by Gasteiger charge is 2.40. The largest absolute Gasteiger partial charge is 0.311 e. The molecule has 1 saturated heterocycles. The maximum atomic E-state index is 4.50. The molecule has 2 heterocycles. The van der Waals surface area contributed by atoms with Crippen LogP contribution in [0.5, 0.6) is 0 Å². The molecule has 1 N–H and O–H groups in total. The topological polar surface area (TPSA) is 29.9 Å². The van der Waals surface area contributed by atoms with Gasteiger partial charge in [-0.25, -0.2) is 0 Å². The third-order valence-electron chi connectivity index (χ3n) is 3.69. The van der Waals surface area contributed by atoms with E-state index in [2.05, 4.69) is 63.7 Å². The zero-order chi connectivity index (χ0) is 13.2. The molecule has 2 atom stereocenters. The van der Waals surface area contributed by atoms with Crippen LogP contribution in [0, 0.1) is 0 Å². The number of aromatic nitrogens is 2. The van der Waals surface area contributed by atoms with Gasteiger partial charge in [0, 0.05) is 11.3 Å². The van der Waals surface area contributed by atoms with Crippen LogP contribution in [0.4, 0.5) is 0 Å². The average molecular weight is 332 g/mol. The lowest BCUT2D eigenvalue weighted by Gasteiger charge is -2.33. The van der Waals surface area contributed by atoms with Crippen LogP contribution in [0.2, 0.25) is 0 Å². The molecule has 1 aliphatic heterocycles. The lowest BCUT2D eigenvalue weighted by atomic mass is 9.93. The molecule has 102 valence electrons. The molecule has 1 aromatic rings. The predicted molar refractivity (Wildman–Crippen MR) is 82.1 cm³/mol. The van der Waals surface area contributed by atoms with Crippen molar-refractivity contribution < 1.29 is 0 Å². The molecule has 0 radical (unpaired) electrons. The van der Waals surface area contributed by atoms with Gasteiger partial charge in [-0.05, 0) is 54.9 Å². The van der Waals surface area contributed by atoms with Crippen molar-refractivity contribution >= 4 is 27.7 Å². The van der Waals surface area contributed by atoms with Crippen molar-refractivity contribution in [1.29, 1.82) is 0 Å². The Bertz CT molecular complexity index is 399. The maximum absolute atomic E-state index is 4.50. The molecule has 0 bridgehead atoms. The maximum Gasteiger partial charge on any atom is 0.0709 e. The Labute approximate surface area is 122 Å². The highest BCUT2D eigenvalue weighted by Crippen LogP contribution is 2.47. The van der Waals surface area contributed by atoms with Crippen LogP contribution in [0.25, 0.3) is 0 Å². The number of halogens is 1. The van der Waals surface area contributed by atoms with Crippen molar-refractivity contribution in [2.24, 2.45) is 0 Å². The van der Waals surface area contributed by atoms with E-state index in [1.807, 2.05) is 6.20 Å². The zero-order valence-corrected chi connectivity index (χ0v) is 13.8. The molecule has 5 heteroatoms. The second-order valence-corrected chi connectivity index (χ2v) is 7.57. The first-order valence-electron chi connectivity index (χ1n) is 6.65. The number of rotatable bonds is 5. The molecule has 1 aromatic heterocycles. The number of hydrogen-bond acceptors (Lipinski definition) is 3. The van der Waals surface area contributed by atoms with Crippen LogP contribution in [-0.2, 0) is 6.54 Å². The molecule has 2 rings (SSSR count). The monoisotopic (exact) mass is 331 g/mol. The predicted octanol–water partition coefficient (Wildman–Crippen LogP) is 3.60. The third kappa shape index (κ3) is 2.63. The highest BCUT2D eigenvalue weighted by molar-refractivity contribution is 9.10. The minimum Gasteiger partial charge on any atom is -0.311 e. The second kappa shape index (κ2) is 5.97. The smallest absolute Gasteiger partial charge is 0.0709 e. The summed E-state index contributed by atoms with van der Waals surface area (Å²) in [6.07, 6.45) is 5.63. The van der Waals surface area contributed by atoms with E-state index in [0.29, 0.717) is 6.04 Å². The van der Waals surface area contributed by atoms with E-state index in [-0.39, 0.29) is 4.75 Å². The normalized spacial score (nSPS) is 25.6. The molecule has 0 amide bonds. The van der Waals surface area contributed by atoms with Crippen LogP contribution in [0.15, 0.2) is 10.7 Å². The van der Waals surface area contributed by atoms with Crippen molar-refractivity contribution in [1.82, 2.24) is 15.1 Å². The molecule has 0 aromatic carbocycles. The lowest BCUT2D eigenvalue weighted by molar-refractivity contribution is 0.404. The fourth-order valence-corrected chi connectivity index (χ4v) is 4.77. The SMILES string of the molecule is CCCn1ncc(Br)c1C(NC)C1(C)CCCS1. The zero-order valence-electron chi connectivity index (χ0n) is 11.4. The molecule has 0 saturated carbocycles. The van der Waals surface area contributed by atoms with Crippen LogP contribution < -0.4 is 5.32 Å². The van der Waals surface area contributed by atoms with Gasteiger partial charge in [0.05, 0.1) is 22.4 Å². The van der Waals surface area contributed by atoms with Crippen LogP contribution in [0.3, 0.4) is 0 Å². The standard InChI is InChI=1S/C13H22BrN3S/c1-4-7-17-11(10(14)9-16-17)12(15-3)13(2)6-5-8-18-13/h9,12,15H,4-8H2,1-3H3. The Hall–Kier alpha value is -0.0000000000000000555. The highest BCUT2D eigenvalue weighted by atomic mass is 79.9. The lowest BCUT2D eigenvalue weighted by Crippen LogP contribution is -2.37. The van der Waals surface area contributed by atoms with Gasteiger partial charge in [0.2, 0.25) is 0 Å². The summed E-state index contributed by atoms with van der Waals surface area (Å²) in [6.45, 7) is 5.56. The minimum absolute atomic E-state index is 0.281. The van der Waals surface area contributed by atoms with Crippen molar-refractivity contribution in [2.45, 2.75) is 50.4 Å². The molecule has 1 fully saturated rings. The third-order valence-corrected chi connectivity index (χ3v) is 5.89. The summed E-state index contributed by atoms with van der Waals surface area (Å²) < 4.78 is 3.56. The van der Waals surface area contributed by atoms with Gasteiger partial charge in [0.15, 0.2) is 0 Å². The first-order valence-corrected chi connectivity index (χ1v) is 8.42. The van der Waals surface area contributed by atoms with Gasteiger partial charge in [0.25, 0.3) is 0 Å². The second-order valence-electron chi connectivity index (χ2n) is 5.09. The fraction of sp³-hybridized carbons (Fsp3) is 0.769. The molecular weight excluding hydrogens is 310 g/mol. The summed E-state index contributed by atoms with van der Waals surface area (Å²) >= 11 is 5.75. The van der Waals surface area contributed by atoms with Gasteiger partial charge >= 0.3 is 0 Å². The van der Waals surface area contributed by atoms with Crippen molar-refractivity contribution in [3.8, 4) is 0 Å². The molecule has 1 aliphatic rings. The van der Waals surface area contributed by atoms with E-state index in [0.717, 1.165) is 17.4 Å². The van der Waals surface area contributed by atoms with E-state index in [4.69, 9.17) is 0 Å². The van der Waals surface area contributed by atoms with Crippen molar-refractivity contribution in [3.05, 3.63) is 16.4 Å². The Kier molecular flexibility index (Phi) is 4.78. The number of thioether (sulfide) groups is 1. The number of aryl methyl sites for hydroxylation is 1. The average Bonchev–Trinajstić information content (AvgIpc) is 2.92. The van der Waals surface area contributed by atoms with E-state index in [1.165, 1.54) is 24.3 Å². The summed E-state index contributed by atoms with van der Waals surface area (Å²) in [4.78, 5) is 0. The summed E-state index contributed by atoms with van der Waals surface area (Å²) in [5.74, 6) is 1.27.